The summed E-state index contributed by atoms with van der Waals surface area (Å²) in [6.07, 6.45) is 5.09. The number of rotatable bonds is 4. The van der Waals surface area contributed by atoms with Crippen LogP contribution in [0.25, 0.3) is 10.6 Å². The fourth-order valence-electron chi connectivity index (χ4n) is 3.22. The van der Waals surface area contributed by atoms with Crippen LogP contribution in [-0.2, 0) is 9.53 Å². The number of nitrogens with one attached hydrogen (secondary N) is 1. The maximum atomic E-state index is 12.7. The SMILES string of the molecule is COC(=O)[C@H]1CCCC[C@]1(C)NC(=O)c1cnc(-c2ccsc2)s1. The zero-order valence-electron chi connectivity index (χ0n) is 13.7. The number of esters is 1. The first-order valence-corrected chi connectivity index (χ1v) is 9.68. The van der Waals surface area contributed by atoms with Gasteiger partial charge in [0.2, 0.25) is 0 Å². The van der Waals surface area contributed by atoms with Gasteiger partial charge in [-0.05, 0) is 31.2 Å². The van der Waals surface area contributed by atoms with E-state index >= 15 is 0 Å². The summed E-state index contributed by atoms with van der Waals surface area (Å²) in [7, 11) is 1.40. The Morgan fingerprint density at radius 1 is 1.42 bits per heavy atom. The Bertz CT molecular complexity index is 726. The first-order chi connectivity index (χ1) is 11.5. The van der Waals surface area contributed by atoms with Crippen molar-refractivity contribution in [2.75, 3.05) is 7.11 Å². The minimum atomic E-state index is -0.574. The van der Waals surface area contributed by atoms with Gasteiger partial charge in [-0.15, -0.1) is 11.3 Å². The summed E-state index contributed by atoms with van der Waals surface area (Å²) in [4.78, 5) is 29.6. The van der Waals surface area contributed by atoms with E-state index in [0.29, 0.717) is 4.88 Å². The van der Waals surface area contributed by atoms with E-state index in [1.54, 1.807) is 17.5 Å². The normalized spacial score (nSPS) is 23.7. The molecular weight excluding hydrogens is 344 g/mol. The number of methoxy groups -OCH3 is 1. The second kappa shape index (κ2) is 7.03. The highest BCUT2D eigenvalue weighted by molar-refractivity contribution is 7.17. The highest BCUT2D eigenvalue weighted by Gasteiger charge is 2.43. The molecule has 1 amide bonds. The van der Waals surface area contributed by atoms with Crippen molar-refractivity contribution in [2.24, 2.45) is 5.92 Å². The van der Waals surface area contributed by atoms with Gasteiger partial charge in [-0.1, -0.05) is 12.8 Å². The molecule has 2 aromatic heterocycles. The largest absolute Gasteiger partial charge is 0.469 e. The average Bonchev–Trinajstić information content (AvgIpc) is 3.25. The van der Waals surface area contributed by atoms with Gasteiger partial charge < -0.3 is 10.1 Å². The summed E-state index contributed by atoms with van der Waals surface area (Å²) in [5, 5.41) is 7.90. The summed E-state index contributed by atoms with van der Waals surface area (Å²) in [6.45, 7) is 1.94. The predicted molar refractivity (Wildman–Crippen MR) is 95.3 cm³/mol. The molecule has 3 rings (SSSR count). The van der Waals surface area contributed by atoms with Crippen LogP contribution in [0.4, 0.5) is 0 Å². The van der Waals surface area contributed by atoms with E-state index in [4.69, 9.17) is 4.74 Å². The van der Waals surface area contributed by atoms with E-state index in [0.717, 1.165) is 36.3 Å². The van der Waals surface area contributed by atoms with Crippen LogP contribution in [-0.4, -0.2) is 29.5 Å². The Morgan fingerprint density at radius 2 is 2.25 bits per heavy atom. The molecule has 1 N–H and O–H groups in total. The van der Waals surface area contributed by atoms with Crippen LogP contribution in [0, 0.1) is 5.92 Å². The quantitative estimate of drug-likeness (QED) is 0.840. The molecule has 0 aromatic carbocycles. The molecule has 1 aliphatic rings. The fourth-order valence-corrected chi connectivity index (χ4v) is 4.75. The van der Waals surface area contributed by atoms with Crippen LogP contribution in [0.2, 0.25) is 0 Å². The van der Waals surface area contributed by atoms with Crippen molar-refractivity contribution in [2.45, 2.75) is 38.1 Å². The van der Waals surface area contributed by atoms with Crippen LogP contribution in [0.15, 0.2) is 23.0 Å². The van der Waals surface area contributed by atoms with Gasteiger partial charge in [0.25, 0.3) is 5.91 Å². The molecule has 1 saturated carbocycles. The van der Waals surface area contributed by atoms with Gasteiger partial charge in [0.05, 0.1) is 24.8 Å². The molecule has 0 radical (unpaired) electrons. The van der Waals surface area contributed by atoms with Crippen molar-refractivity contribution in [3.05, 3.63) is 27.9 Å². The Balaban J connectivity index is 1.76. The number of hydrogen-bond acceptors (Lipinski definition) is 6. The second-order valence-electron chi connectivity index (χ2n) is 6.23. The third kappa shape index (κ3) is 3.37. The van der Waals surface area contributed by atoms with Crippen molar-refractivity contribution in [3.63, 3.8) is 0 Å². The van der Waals surface area contributed by atoms with E-state index in [1.807, 2.05) is 23.8 Å². The zero-order chi connectivity index (χ0) is 17.2. The fraction of sp³-hybridized carbons (Fsp3) is 0.471. The molecule has 0 unspecified atom stereocenters. The van der Waals surface area contributed by atoms with E-state index in [-0.39, 0.29) is 17.8 Å². The number of thiazole rings is 1. The zero-order valence-corrected chi connectivity index (χ0v) is 15.3. The number of nitrogens with zero attached hydrogens (tertiary/aromatic N) is 1. The first-order valence-electron chi connectivity index (χ1n) is 7.92. The topological polar surface area (TPSA) is 68.3 Å². The lowest BCUT2D eigenvalue weighted by molar-refractivity contribution is -0.149. The van der Waals surface area contributed by atoms with E-state index in [9.17, 15) is 9.59 Å². The molecule has 0 bridgehead atoms. The number of carbonyl (C=O) groups is 2. The third-order valence-electron chi connectivity index (χ3n) is 4.59. The summed E-state index contributed by atoms with van der Waals surface area (Å²) >= 11 is 2.97. The van der Waals surface area contributed by atoms with Gasteiger partial charge in [-0.25, -0.2) is 4.98 Å². The van der Waals surface area contributed by atoms with Gasteiger partial charge in [-0.3, -0.25) is 9.59 Å². The summed E-state index contributed by atoms with van der Waals surface area (Å²) < 4.78 is 4.93. The minimum absolute atomic E-state index is 0.174. The molecule has 2 atom stereocenters. The standard InChI is InChI=1S/C17H20N2O3S2/c1-17(7-4-3-5-12(17)16(21)22-2)19-14(20)13-9-18-15(24-13)11-6-8-23-10-11/h6,8-10,12H,3-5,7H2,1-2H3,(H,19,20)/t12-,17+/m1/s1. The highest BCUT2D eigenvalue weighted by Crippen LogP contribution is 2.35. The molecule has 1 fully saturated rings. The lowest BCUT2D eigenvalue weighted by atomic mass is 9.74. The molecule has 24 heavy (non-hydrogen) atoms. The van der Waals surface area contributed by atoms with Crippen molar-refractivity contribution < 1.29 is 14.3 Å². The van der Waals surface area contributed by atoms with E-state index < -0.39 is 5.54 Å². The number of ether oxygens (including phenoxy) is 1. The third-order valence-corrected chi connectivity index (χ3v) is 6.32. The molecule has 5 nitrogen and oxygen atoms in total. The Morgan fingerprint density at radius 3 is 2.96 bits per heavy atom. The predicted octanol–water partition coefficient (Wildman–Crippen LogP) is 3.72. The Kier molecular flexibility index (Phi) is 5.01. The van der Waals surface area contributed by atoms with Crippen LogP contribution < -0.4 is 5.32 Å². The average molecular weight is 364 g/mol. The van der Waals surface area contributed by atoms with Crippen molar-refractivity contribution >= 4 is 34.6 Å². The van der Waals surface area contributed by atoms with Crippen molar-refractivity contribution in [1.82, 2.24) is 10.3 Å². The lowest BCUT2D eigenvalue weighted by Gasteiger charge is -2.40. The van der Waals surface area contributed by atoms with E-state index in [1.165, 1.54) is 18.4 Å². The molecule has 2 heterocycles. The van der Waals surface area contributed by atoms with Crippen molar-refractivity contribution in [3.8, 4) is 10.6 Å². The summed E-state index contributed by atoms with van der Waals surface area (Å²) in [5.74, 6) is -0.725. The smallest absolute Gasteiger partial charge is 0.311 e. The molecule has 7 heteroatoms. The molecule has 1 aliphatic carbocycles. The first kappa shape index (κ1) is 17.1. The molecule has 0 aliphatic heterocycles. The molecular formula is C17H20N2O3S2. The summed E-state index contributed by atoms with van der Waals surface area (Å²) in [6, 6.07) is 1.99. The highest BCUT2D eigenvalue weighted by atomic mass is 32.1. The van der Waals surface area contributed by atoms with Gasteiger partial charge in [-0.2, -0.15) is 11.3 Å². The maximum absolute atomic E-state index is 12.7. The Labute approximate surface area is 149 Å². The molecule has 0 spiro atoms. The number of hydrogen-bond donors (Lipinski definition) is 1. The number of amides is 1. The number of aromatic nitrogens is 1. The van der Waals surface area contributed by atoms with Gasteiger partial charge in [0.15, 0.2) is 0 Å². The minimum Gasteiger partial charge on any atom is -0.469 e. The van der Waals surface area contributed by atoms with Crippen LogP contribution in [0.5, 0.6) is 0 Å². The maximum Gasteiger partial charge on any atom is 0.311 e. The van der Waals surface area contributed by atoms with Gasteiger partial charge in [0, 0.05) is 10.9 Å². The van der Waals surface area contributed by atoms with Crippen LogP contribution in [0.1, 0.15) is 42.3 Å². The summed E-state index contributed by atoms with van der Waals surface area (Å²) in [5.41, 5.74) is 0.454. The lowest BCUT2D eigenvalue weighted by Crippen LogP contribution is -2.55. The van der Waals surface area contributed by atoms with Crippen LogP contribution >= 0.6 is 22.7 Å². The van der Waals surface area contributed by atoms with Crippen LogP contribution in [0.3, 0.4) is 0 Å². The van der Waals surface area contributed by atoms with Gasteiger partial charge in [0.1, 0.15) is 9.88 Å². The van der Waals surface area contributed by atoms with Crippen molar-refractivity contribution in [1.29, 1.82) is 0 Å². The monoisotopic (exact) mass is 364 g/mol. The number of thiophene rings is 1. The molecule has 128 valence electrons. The van der Waals surface area contributed by atoms with E-state index in [2.05, 4.69) is 10.3 Å². The number of carbonyl (C=O) groups excluding carboxylic acids is 2. The second-order valence-corrected chi connectivity index (χ2v) is 8.05. The Hall–Kier alpha value is -1.73. The molecule has 2 aromatic rings. The molecule has 0 saturated heterocycles. The van der Waals surface area contributed by atoms with Gasteiger partial charge >= 0.3 is 5.97 Å².